The fourth-order valence-electron chi connectivity index (χ4n) is 2.86. The third kappa shape index (κ3) is 5.75. The Labute approximate surface area is 168 Å². The molecule has 2 rings (SSSR count). The molecule has 6 nitrogen and oxygen atoms in total. The molecule has 0 bridgehead atoms. The highest BCUT2D eigenvalue weighted by Crippen LogP contribution is 2.23. The Kier molecular flexibility index (Phi) is 7.49. The van der Waals surface area contributed by atoms with E-state index < -0.39 is 6.09 Å². The molecule has 0 saturated heterocycles. The average Bonchev–Trinajstić information content (AvgIpc) is 3.06. The zero-order chi connectivity index (χ0) is 20.8. The van der Waals surface area contributed by atoms with Crippen LogP contribution in [0.4, 0.5) is 10.5 Å². The number of nitrogens with one attached hydrogen (secondary N) is 1. The number of anilines is 1. The van der Waals surface area contributed by atoms with Crippen molar-refractivity contribution < 1.29 is 14.3 Å². The minimum Gasteiger partial charge on any atom is -0.497 e. The zero-order valence-electron chi connectivity index (χ0n) is 18.0. The Morgan fingerprint density at radius 1 is 1.07 bits per heavy atom. The minimum absolute atomic E-state index is 0.160. The normalized spacial score (nSPS) is 12.5. The number of hydrogen-bond donors (Lipinski definition) is 1. The molecule has 1 aromatic carbocycles. The molecule has 0 aliphatic heterocycles. The van der Waals surface area contributed by atoms with Gasteiger partial charge in [0.1, 0.15) is 11.9 Å². The Morgan fingerprint density at radius 3 is 2.21 bits per heavy atom. The van der Waals surface area contributed by atoms with E-state index in [1.54, 1.807) is 31.4 Å². The Bertz CT molecular complexity index is 764. The van der Waals surface area contributed by atoms with Gasteiger partial charge in [-0.1, -0.05) is 41.5 Å². The topological polar surface area (TPSA) is 65.4 Å². The maximum absolute atomic E-state index is 12.4. The first-order valence-corrected chi connectivity index (χ1v) is 9.90. The molecular weight excluding hydrogens is 354 g/mol. The number of carbonyl (C=O) groups is 1. The summed E-state index contributed by atoms with van der Waals surface area (Å²) in [6.45, 7) is 13.2. The largest absolute Gasteiger partial charge is 0.497 e. The first-order chi connectivity index (χ1) is 13.2. The van der Waals surface area contributed by atoms with Crippen LogP contribution in [0.25, 0.3) is 0 Å². The van der Waals surface area contributed by atoms with E-state index in [4.69, 9.17) is 14.6 Å². The van der Waals surface area contributed by atoms with Crippen molar-refractivity contribution in [3.8, 4) is 5.75 Å². The van der Waals surface area contributed by atoms with Gasteiger partial charge >= 0.3 is 6.09 Å². The van der Waals surface area contributed by atoms with Gasteiger partial charge in [0, 0.05) is 11.4 Å². The predicted molar refractivity (Wildman–Crippen MR) is 112 cm³/mol. The number of hydrogen-bond acceptors (Lipinski definition) is 4. The van der Waals surface area contributed by atoms with Gasteiger partial charge in [0.25, 0.3) is 0 Å². The van der Waals surface area contributed by atoms with Crippen LogP contribution in [0, 0.1) is 5.92 Å². The fraction of sp³-hybridized carbons (Fsp3) is 0.545. The minimum atomic E-state index is -0.466. The maximum Gasteiger partial charge on any atom is 0.411 e. The summed E-state index contributed by atoms with van der Waals surface area (Å²) in [6, 6.07) is 9.31. The molecule has 1 amide bonds. The van der Waals surface area contributed by atoms with Gasteiger partial charge in [-0.05, 0) is 48.1 Å². The van der Waals surface area contributed by atoms with Crippen molar-refractivity contribution in [1.82, 2.24) is 9.78 Å². The summed E-state index contributed by atoms with van der Waals surface area (Å²) in [5.74, 6) is 1.60. The molecule has 0 unspecified atom stereocenters. The molecule has 1 atom stereocenters. The molecule has 0 spiro atoms. The van der Waals surface area contributed by atoms with E-state index in [-0.39, 0.29) is 12.0 Å². The smallest absolute Gasteiger partial charge is 0.411 e. The molecule has 154 valence electrons. The fourth-order valence-corrected chi connectivity index (χ4v) is 2.86. The van der Waals surface area contributed by atoms with E-state index in [1.807, 2.05) is 18.5 Å². The van der Waals surface area contributed by atoms with Crippen molar-refractivity contribution in [2.24, 2.45) is 5.92 Å². The molecular formula is C22H33N3O3. The molecule has 0 aliphatic rings. The monoisotopic (exact) mass is 387 g/mol. The van der Waals surface area contributed by atoms with Gasteiger partial charge in [-0.2, -0.15) is 5.10 Å². The van der Waals surface area contributed by atoms with Crippen molar-refractivity contribution in [3.05, 3.63) is 41.7 Å². The van der Waals surface area contributed by atoms with E-state index in [2.05, 4.69) is 39.1 Å². The Balaban J connectivity index is 2.09. The van der Waals surface area contributed by atoms with E-state index in [1.165, 1.54) is 0 Å². The van der Waals surface area contributed by atoms with Crippen LogP contribution >= 0.6 is 0 Å². The summed E-state index contributed by atoms with van der Waals surface area (Å²) in [5.41, 5.74) is 2.89. The van der Waals surface area contributed by atoms with Crippen molar-refractivity contribution in [3.63, 3.8) is 0 Å². The highest BCUT2D eigenvalue weighted by atomic mass is 16.6. The number of ether oxygens (including phenoxy) is 2. The van der Waals surface area contributed by atoms with Gasteiger partial charge in [-0.25, -0.2) is 4.79 Å². The summed E-state index contributed by atoms with van der Waals surface area (Å²) in [4.78, 5) is 12.4. The number of rotatable bonds is 8. The third-order valence-electron chi connectivity index (χ3n) is 4.70. The second-order valence-corrected chi connectivity index (χ2v) is 8.03. The highest BCUT2D eigenvalue weighted by Gasteiger charge is 2.23. The lowest BCUT2D eigenvalue weighted by molar-refractivity contribution is 0.0672. The first-order valence-electron chi connectivity index (χ1n) is 9.90. The lowest BCUT2D eigenvalue weighted by Crippen LogP contribution is -2.31. The molecule has 1 heterocycles. The number of aromatic nitrogens is 2. The van der Waals surface area contributed by atoms with Gasteiger partial charge in [0.2, 0.25) is 0 Å². The summed E-state index contributed by atoms with van der Waals surface area (Å²) in [6.07, 6.45) is -0.748. The standard InChI is InChI=1S/C22H33N3O3/c1-14(2)19-12-20(15(3)4)25(24-19)13-21(16(5)6)28-22(26)23-17-8-10-18(27-7)11-9-17/h8-12,14-16,21H,13H2,1-7H3,(H,23,26)/t21-/m0/s1. The van der Waals surface area contributed by atoms with Crippen LogP contribution < -0.4 is 10.1 Å². The Morgan fingerprint density at radius 2 is 1.71 bits per heavy atom. The van der Waals surface area contributed by atoms with Crippen LogP contribution in [-0.2, 0) is 11.3 Å². The second kappa shape index (κ2) is 9.62. The van der Waals surface area contributed by atoms with Crippen LogP contribution in [0.15, 0.2) is 30.3 Å². The highest BCUT2D eigenvalue weighted by molar-refractivity contribution is 5.84. The molecule has 2 aromatic rings. The summed E-state index contributed by atoms with van der Waals surface area (Å²) >= 11 is 0. The number of benzene rings is 1. The van der Waals surface area contributed by atoms with Gasteiger partial charge < -0.3 is 9.47 Å². The first kappa shape index (κ1) is 21.8. The molecule has 0 aliphatic carbocycles. The van der Waals surface area contributed by atoms with Crippen LogP contribution in [0.1, 0.15) is 64.8 Å². The second-order valence-electron chi connectivity index (χ2n) is 8.03. The van der Waals surface area contributed by atoms with Gasteiger partial charge in [-0.15, -0.1) is 0 Å². The predicted octanol–water partition coefficient (Wildman–Crippen LogP) is 5.41. The van der Waals surface area contributed by atoms with Crippen molar-refractivity contribution in [1.29, 1.82) is 0 Å². The molecule has 28 heavy (non-hydrogen) atoms. The van der Waals surface area contributed by atoms with Crippen LogP contribution in [0.5, 0.6) is 5.75 Å². The molecule has 0 saturated carbocycles. The van der Waals surface area contributed by atoms with Crippen molar-refractivity contribution in [2.45, 2.75) is 66.0 Å². The van der Waals surface area contributed by atoms with Crippen LogP contribution in [0.3, 0.4) is 0 Å². The van der Waals surface area contributed by atoms with Crippen molar-refractivity contribution >= 4 is 11.8 Å². The summed E-state index contributed by atoms with van der Waals surface area (Å²) in [7, 11) is 1.61. The lowest BCUT2D eigenvalue weighted by atomic mass is 10.1. The average molecular weight is 388 g/mol. The molecule has 1 N–H and O–H groups in total. The summed E-state index contributed by atoms with van der Waals surface area (Å²) < 4.78 is 12.9. The SMILES string of the molecule is COc1ccc(NC(=O)O[C@@H](Cn2nc(C(C)C)cc2C(C)C)C(C)C)cc1. The zero-order valence-corrected chi connectivity index (χ0v) is 18.0. The molecule has 0 fully saturated rings. The molecule has 6 heteroatoms. The van der Waals surface area contributed by atoms with Gasteiger partial charge in [0.05, 0.1) is 19.3 Å². The number of carbonyl (C=O) groups excluding carboxylic acids is 1. The van der Waals surface area contributed by atoms with E-state index in [0.717, 1.165) is 17.1 Å². The van der Waals surface area contributed by atoms with E-state index in [0.29, 0.717) is 24.1 Å². The van der Waals surface area contributed by atoms with E-state index in [9.17, 15) is 4.79 Å². The number of methoxy groups -OCH3 is 1. The molecule has 1 aromatic heterocycles. The summed E-state index contributed by atoms with van der Waals surface area (Å²) in [5, 5.41) is 7.53. The Hall–Kier alpha value is -2.50. The van der Waals surface area contributed by atoms with Crippen molar-refractivity contribution in [2.75, 3.05) is 12.4 Å². The van der Waals surface area contributed by atoms with Gasteiger partial charge in [0.15, 0.2) is 0 Å². The number of amides is 1. The molecule has 0 radical (unpaired) electrons. The number of nitrogens with zero attached hydrogens (tertiary/aromatic N) is 2. The lowest BCUT2D eigenvalue weighted by Gasteiger charge is -2.23. The van der Waals surface area contributed by atoms with Crippen LogP contribution in [-0.4, -0.2) is 29.1 Å². The van der Waals surface area contributed by atoms with E-state index >= 15 is 0 Å². The third-order valence-corrected chi connectivity index (χ3v) is 4.70. The van der Waals surface area contributed by atoms with Crippen LogP contribution in [0.2, 0.25) is 0 Å². The van der Waals surface area contributed by atoms with Gasteiger partial charge in [-0.3, -0.25) is 10.00 Å². The maximum atomic E-state index is 12.4. The quantitative estimate of drug-likeness (QED) is 0.657.